The summed E-state index contributed by atoms with van der Waals surface area (Å²) in [6.07, 6.45) is 7.02. The number of carbonyl (C=O) groups is 2. The van der Waals surface area contributed by atoms with Gasteiger partial charge in [0.2, 0.25) is 0 Å². The van der Waals surface area contributed by atoms with E-state index in [-0.39, 0.29) is 30.9 Å². The van der Waals surface area contributed by atoms with E-state index in [1.165, 1.54) is 11.8 Å². The number of rotatable bonds is 7. The fourth-order valence-corrected chi connectivity index (χ4v) is 3.40. The number of amides is 1. The molecule has 1 aromatic heterocycles. The van der Waals surface area contributed by atoms with E-state index in [0.29, 0.717) is 6.42 Å². The van der Waals surface area contributed by atoms with Gasteiger partial charge in [-0.2, -0.15) is 0 Å². The van der Waals surface area contributed by atoms with E-state index in [1.54, 1.807) is 0 Å². The molecule has 0 bridgehead atoms. The predicted octanol–water partition coefficient (Wildman–Crippen LogP) is 2.35. The van der Waals surface area contributed by atoms with Crippen LogP contribution in [-0.2, 0) is 20.7 Å². The molecule has 0 aliphatic heterocycles. The first-order valence-electron chi connectivity index (χ1n) is 8.32. The van der Waals surface area contributed by atoms with Crippen molar-refractivity contribution >= 4 is 23.6 Å². The molecule has 1 fully saturated rings. The standard InChI is InChI=1S/C17H25N3O3S/c1-11-14(12(2)19-17(18-11)24-3)8-9-16(22)23-10-15(21)20-13-6-4-5-7-13/h13H,4-10H2,1-3H3,(H,20,21). The number of esters is 1. The van der Waals surface area contributed by atoms with Gasteiger partial charge in [0.25, 0.3) is 5.91 Å². The molecule has 0 unspecified atom stereocenters. The van der Waals surface area contributed by atoms with E-state index >= 15 is 0 Å². The Balaban J connectivity index is 1.75. The maximum atomic E-state index is 11.9. The van der Waals surface area contributed by atoms with Gasteiger partial charge in [0.15, 0.2) is 11.8 Å². The van der Waals surface area contributed by atoms with E-state index in [1.807, 2.05) is 20.1 Å². The summed E-state index contributed by atoms with van der Waals surface area (Å²) in [6, 6.07) is 0.244. The normalized spacial score (nSPS) is 14.6. The second kappa shape index (κ2) is 9.01. The van der Waals surface area contributed by atoms with Crippen molar-refractivity contribution in [1.29, 1.82) is 0 Å². The Kier molecular flexibility index (Phi) is 7.02. The Bertz CT molecular complexity index is 578. The van der Waals surface area contributed by atoms with Crippen LogP contribution in [0.4, 0.5) is 0 Å². The lowest BCUT2D eigenvalue weighted by Crippen LogP contribution is -2.35. The van der Waals surface area contributed by atoms with Crippen LogP contribution in [0, 0.1) is 13.8 Å². The van der Waals surface area contributed by atoms with E-state index in [4.69, 9.17) is 4.74 Å². The van der Waals surface area contributed by atoms with Crippen LogP contribution in [0.1, 0.15) is 49.1 Å². The molecule has 0 radical (unpaired) electrons. The van der Waals surface area contributed by atoms with Gasteiger partial charge < -0.3 is 10.1 Å². The molecule has 24 heavy (non-hydrogen) atoms. The van der Waals surface area contributed by atoms with Crippen molar-refractivity contribution in [3.63, 3.8) is 0 Å². The van der Waals surface area contributed by atoms with Crippen molar-refractivity contribution in [3.8, 4) is 0 Å². The molecule has 1 aliphatic rings. The molecule has 132 valence electrons. The number of carbonyl (C=O) groups excluding carboxylic acids is 2. The van der Waals surface area contributed by atoms with Gasteiger partial charge in [-0.15, -0.1) is 0 Å². The SMILES string of the molecule is CSc1nc(C)c(CCC(=O)OCC(=O)NC2CCCC2)c(C)n1. The number of aromatic nitrogens is 2. The molecule has 1 saturated carbocycles. The molecule has 0 aromatic carbocycles. The zero-order valence-electron chi connectivity index (χ0n) is 14.6. The number of nitrogens with one attached hydrogen (secondary N) is 1. The van der Waals surface area contributed by atoms with Crippen LogP contribution in [0.2, 0.25) is 0 Å². The third-order valence-corrected chi connectivity index (χ3v) is 4.79. The number of aryl methyl sites for hydroxylation is 2. The zero-order chi connectivity index (χ0) is 17.5. The summed E-state index contributed by atoms with van der Waals surface area (Å²) in [5.74, 6) is -0.584. The Hall–Kier alpha value is -1.63. The van der Waals surface area contributed by atoms with Crippen molar-refractivity contribution in [2.75, 3.05) is 12.9 Å². The van der Waals surface area contributed by atoms with E-state index in [0.717, 1.165) is 47.8 Å². The number of ether oxygens (including phenoxy) is 1. The zero-order valence-corrected chi connectivity index (χ0v) is 15.4. The molecule has 0 spiro atoms. The summed E-state index contributed by atoms with van der Waals surface area (Å²) < 4.78 is 5.06. The summed E-state index contributed by atoms with van der Waals surface area (Å²) in [4.78, 5) is 32.4. The summed E-state index contributed by atoms with van der Waals surface area (Å²) in [7, 11) is 0. The molecular formula is C17H25N3O3S. The third-order valence-electron chi connectivity index (χ3n) is 4.25. The molecule has 0 saturated heterocycles. The monoisotopic (exact) mass is 351 g/mol. The highest BCUT2D eigenvalue weighted by Gasteiger charge is 2.18. The summed E-state index contributed by atoms with van der Waals surface area (Å²) in [6.45, 7) is 3.64. The van der Waals surface area contributed by atoms with Gasteiger partial charge in [-0.1, -0.05) is 24.6 Å². The maximum Gasteiger partial charge on any atom is 0.306 e. The average Bonchev–Trinajstić information content (AvgIpc) is 3.04. The van der Waals surface area contributed by atoms with Crippen LogP contribution < -0.4 is 5.32 Å². The number of nitrogens with zero attached hydrogens (tertiary/aromatic N) is 2. The van der Waals surface area contributed by atoms with Crippen LogP contribution in [0.15, 0.2) is 5.16 Å². The van der Waals surface area contributed by atoms with Crippen molar-refractivity contribution in [2.24, 2.45) is 0 Å². The fourth-order valence-electron chi connectivity index (χ4n) is 2.95. The third kappa shape index (κ3) is 5.47. The maximum absolute atomic E-state index is 11.9. The lowest BCUT2D eigenvalue weighted by atomic mass is 10.1. The first kappa shape index (κ1) is 18.7. The van der Waals surface area contributed by atoms with E-state index in [2.05, 4.69) is 15.3 Å². The van der Waals surface area contributed by atoms with Gasteiger partial charge in [-0.05, 0) is 44.9 Å². The highest BCUT2D eigenvalue weighted by atomic mass is 32.2. The highest BCUT2D eigenvalue weighted by Crippen LogP contribution is 2.18. The van der Waals surface area contributed by atoms with Gasteiger partial charge in [-0.3, -0.25) is 9.59 Å². The van der Waals surface area contributed by atoms with Crippen LogP contribution in [0.3, 0.4) is 0 Å². The number of hydrogen-bond acceptors (Lipinski definition) is 6. The van der Waals surface area contributed by atoms with E-state index in [9.17, 15) is 9.59 Å². The minimum Gasteiger partial charge on any atom is -0.456 e. The number of hydrogen-bond donors (Lipinski definition) is 1. The van der Waals surface area contributed by atoms with Gasteiger partial charge in [-0.25, -0.2) is 9.97 Å². The van der Waals surface area contributed by atoms with Crippen molar-refractivity contribution < 1.29 is 14.3 Å². The van der Waals surface area contributed by atoms with Crippen LogP contribution in [0.5, 0.6) is 0 Å². The second-order valence-corrected chi connectivity index (χ2v) is 6.84. The first-order valence-corrected chi connectivity index (χ1v) is 9.55. The van der Waals surface area contributed by atoms with Gasteiger partial charge in [0, 0.05) is 23.9 Å². The topological polar surface area (TPSA) is 81.2 Å². The first-order chi connectivity index (χ1) is 11.5. The van der Waals surface area contributed by atoms with Crippen LogP contribution >= 0.6 is 11.8 Å². The minimum atomic E-state index is -0.371. The highest BCUT2D eigenvalue weighted by molar-refractivity contribution is 7.98. The van der Waals surface area contributed by atoms with Crippen LogP contribution in [0.25, 0.3) is 0 Å². The molecule has 1 aromatic rings. The Labute approximate surface area is 147 Å². The largest absolute Gasteiger partial charge is 0.456 e. The molecule has 2 rings (SSSR count). The predicted molar refractivity (Wildman–Crippen MR) is 93.0 cm³/mol. The average molecular weight is 351 g/mol. The Morgan fingerprint density at radius 3 is 2.42 bits per heavy atom. The molecule has 1 amide bonds. The minimum absolute atomic E-state index is 0.199. The number of thioether (sulfide) groups is 1. The molecular weight excluding hydrogens is 326 g/mol. The summed E-state index contributed by atoms with van der Waals surface area (Å²) in [5.41, 5.74) is 2.75. The van der Waals surface area contributed by atoms with Crippen molar-refractivity contribution in [3.05, 3.63) is 17.0 Å². The molecule has 1 N–H and O–H groups in total. The molecule has 6 nitrogen and oxygen atoms in total. The Morgan fingerprint density at radius 2 is 1.83 bits per heavy atom. The smallest absolute Gasteiger partial charge is 0.306 e. The molecule has 1 aliphatic carbocycles. The molecule has 0 atom stereocenters. The summed E-state index contributed by atoms with van der Waals surface area (Å²) >= 11 is 1.50. The second-order valence-electron chi connectivity index (χ2n) is 6.07. The molecule has 7 heteroatoms. The van der Waals surface area contributed by atoms with Crippen molar-refractivity contribution in [1.82, 2.24) is 15.3 Å². The lowest BCUT2D eigenvalue weighted by Gasteiger charge is -2.12. The fraction of sp³-hybridized carbons (Fsp3) is 0.647. The van der Waals surface area contributed by atoms with Gasteiger partial charge in [0.05, 0.1) is 0 Å². The van der Waals surface area contributed by atoms with Gasteiger partial charge in [0.1, 0.15) is 0 Å². The summed E-state index contributed by atoms with van der Waals surface area (Å²) in [5, 5.41) is 3.64. The lowest BCUT2D eigenvalue weighted by molar-refractivity contribution is -0.148. The Morgan fingerprint density at radius 1 is 1.21 bits per heavy atom. The quantitative estimate of drug-likeness (QED) is 0.461. The van der Waals surface area contributed by atoms with Gasteiger partial charge >= 0.3 is 5.97 Å². The van der Waals surface area contributed by atoms with E-state index < -0.39 is 0 Å². The van der Waals surface area contributed by atoms with Crippen LogP contribution in [-0.4, -0.2) is 40.7 Å². The van der Waals surface area contributed by atoms with Crippen molar-refractivity contribution in [2.45, 2.75) is 63.6 Å². The molecule has 1 heterocycles.